The molecular formula is C17H13F4N3O3. The number of pyridine rings is 1. The summed E-state index contributed by atoms with van der Waals surface area (Å²) in [7, 11) is 0. The van der Waals surface area contributed by atoms with Crippen LogP contribution < -0.4 is 10.2 Å². The lowest BCUT2D eigenvalue weighted by molar-refractivity contribution is -0.137. The minimum atomic E-state index is -4.64. The summed E-state index contributed by atoms with van der Waals surface area (Å²) in [4.78, 5) is 29.2. The van der Waals surface area contributed by atoms with Crippen LogP contribution >= 0.6 is 0 Å². The van der Waals surface area contributed by atoms with Crippen molar-refractivity contribution in [1.29, 1.82) is 0 Å². The molecule has 0 spiro atoms. The third-order valence-electron chi connectivity index (χ3n) is 3.80. The number of anilines is 2. The van der Waals surface area contributed by atoms with E-state index in [2.05, 4.69) is 10.3 Å². The summed E-state index contributed by atoms with van der Waals surface area (Å²) >= 11 is 0. The lowest BCUT2D eigenvalue weighted by Crippen LogP contribution is -2.43. The molecule has 27 heavy (non-hydrogen) atoms. The first-order valence-electron chi connectivity index (χ1n) is 7.73. The summed E-state index contributed by atoms with van der Waals surface area (Å²) in [6.07, 6.45) is -5.63. The van der Waals surface area contributed by atoms with Crippen LogP contribution in [0.3, 0.4) is 0 Å². The summed E-state index contributed by atoms with van der Waals surface area (Å²) in [5.74, 6) is -1.55. The van der Waals surface area contributed by atoms with Crippen molar-refractivity contribution in [3.05, 3.63) is 53.5 Å². The molecule has 1 aliphatic heterocycles. The van der Waals surface area contributed by atoms with Gasteiger partial charge in [-0.3, -0.25) is 4.79 Å². The second-order valence-electron chi connectivity index (χ2n) is 5.81. The zero-order valence-corrected chi connectivity index (χ0v) is 13.9. The van der Waals surface area contributed by atoms with E-state index in [9.17, 15) is 27.2 Å². The standard InChI is InChI=1S/C17H13F4N3O3/c1-9-6-10(17(19,20)21)7-14(22-9)24-13(8-27-16(24)26)15(25)23-12-4-2-11(18)3-5-12/h2-7,13H,8H2,1H3,(H,23,25). The summed E-state index contributed by atoms with van der Waals surface area (Å²) in [6, 6.07) is 5.15. The number of carbonyl (C=O) groups is 2. The van der Waals surface area contributed by atoms with Crippen LogP contribution in [0.2, 0.25) is 0 Å². The van der Waals surface area contributed by atoms with E-state index in [4.69, 9.17) is 4.74 Å². The summed E-state index contributed by atoms with van der Waals surface area (Å²) in [5.41, 5.74) is -0.714. The van der Waals surface area contributed by atoms with Crippen molar-refractivity contribution < 1.29 is 31.9 Å². The molecule has 0 bridgehead atoms. The maximum Gasteiger partial charge on any atom is 0.416 e. The zero-order chi connectivity index (χ0) is 19.8. The van der Waals surface area contributed by atoms with Crippen LogP contribution in [0.15, 0.2) is 36.4 Å². The van der Waals surface area contributed by atoms with Crippen molar-refractivity contribution in [3.63, 3.8) is 0 Å². The quantitative estimate of drug-likeness (QED) is 0.824. The lowest BCUT2D eigenvalue weighted by atomic mass is 10.2. The van der Waals surface area contributed by atoms with Gasteiger partial charge in [-0.2, -0.15) is 13.2 Å². The third-order valence-corrected chi connectivity index (χ3v) is 3.80. The second kappa shape index (κ2) is 6.86. The second-order valence-corrected chi connectivity index (χ2v) is 5.81. The molecule has 0 radical (unpaired) electrons. The molecule has 0 aliphatic carbocycles. The van der Waals surface area contributed by atoms with Crippen molar-refractivity contribution in [2.75, 3.05) is 16.8 Å². The third kappa shape index (κ3) is 3.99. The Kier molecular flexibility index (Phi) is 4.73. The fraction of sp³-hybridized carbons (Fsp3) is 0.235. The van der Waals surface area contributed by atoms with Crippen molar-refractivity contribution in [2.24, 2.45) is 0 Å². The number of cyclic esters (lactones) is 1. The molecule has 3 rings (SSSR count). The molecule has 2 aromatic rings. The first-order valence-corrected chi connectivity index (χ1v) is 7.73. The molecule has 1 aliphatic rings. The van der Waals surface area contributed by atoms with E-state index in [1.165, 1.54) is 19.1 Å². The van der Waals surface area contributed by atoms with Crippen LogP contribution in [0.4, 0.5) is 33.9 Å². The Morgan fingerprint density at radius 2 is 1.93 bits per heavy atom. The fourth-order valence-corrected chi connectivity index (χ4v) is 2.56. The average Bonchev–Trinajstić information content (AvgIpc) is 2.97. The Morgan fingerprint density at radius 1 is 1.26 bits per heavy atom. The van der Waals surface area contributed by atoms with Gasteiger partial charge >= 0.3 is 12.3 Å². The van der Waals surface area contributed by atoms with E-state index in [1.54, 1.807) is 0 Å². The molecule has 2 amide bonds. The maximum atomic E-state index is 13.0. The molecular weight excluding hydrogens is 370 g/mol. The number of benzene rings is 1. The van der Waals surface area contributed by atoms with Crippen molar-refractivity contribution in [2.45, 2.75) is 19.1 Å². The van der Waals surface area contributed by atoms with E-state index in [-0.39, 0.29) is 23.8 Å². The smallest absolute Gasteiger partial charge is 0.416 e. The first-order chi connectivity index (χ1) is 12.6. The number of aromatic nitrogens is 1. The number of alkyl halides is 3. The highest BCUT2D eigenvalue weighted by molar-refractivity contribution is 6.04. The summed E-state index contributed by atoms with van der Waals surface area (Å²) < 4.78 is 56.9. The van der Waals surface area contributed by atoms with E-state index < -0.39 is 35.6 Å². The fourth-order valence-electron chi connectivity index (χ4n) is 2.56. The molecule has 1 atom stereocenters. The first kappa shape index (κ1) is 18.6. The zero-order valence-electron chi connectivity index (χ0n) is 13.9. The number of halogens is 4. The highest BCUT2D eigenvalue weighted by Gasteiger charge is 2.41. The molecule has 142 valence electrons. The number of carbonyl (C=O) groups excluding carboxylic acids is 2. The molecule has 1 saturated heterocycles. The largest absolute Gasteiger partial charge is 0.446 e. The Balaban J connectivity index is 1.89. The van der Waals surface area contributed by atoms with Crippen LogP contribution in [0.1, 0.15) is 11.3 Å². The van der Waals surface area contributed by atoms with Crippen molar-refractivity contribution in [3.8, 4) is 0 Å². The van der Waals surface area contributed by atoms with E-state index in [0.717, 1.165) is 23.1 Å². The van der Waals surface area contributed by atoms with Gasteiger partial charge in [0.1, 0.15) is 18.2 Å². The van der Waals surface area contributed by atoms with Gasteiger partial charge < -0.3 is 10.1 Å². The summed E-state index contributed by atoms with van der Waals surface area (Å²) in [6.45, 7) is 0.983. The maximum absolute atomic E-state index is 13.0. The normalized spacial score (nSPS) is 17.0. The number of ether oxygens (including phenoxy) is 1. The number of hydrogen-bond donors (Lipinski definition) is 1. The predicted octanol–water partition coefficient (Wildman–Crippen LogP) is 3.51. The molecule has 1 aromatic heterocycles. The van der Waals surface area contributed by atoms with Crippen molar-refractivity contribution in [1.82, 2.24) is 4.98 Å². The topological polar surface area (TPSA) is 71.5 Å². The summed E-state index contributed by atoms with van der Waals surface area (Å²) in [5, 5.41) is 2.46. The number of aryl methyl sites for hydroxylation is 1. The van der Waals surface area contributed by atoms with Gasteiger partial charge in [0, 0.05) is 11.4 Å². The molecule has 1 fully saturated rings. The number of rotatable bonds is 3. The Labute approximate surface area is 150 Å². The Morgan fingerprint density at radius 3 is 2.56 bits per heavy atom. The number of amides is 2. The van der Waals surface area contributed by atoms with Gasteiger partial charge in [-0.15, -0.1) is 0 Å². The van der Waals surface area contributed by atoms with Gasteiger partial charge in [-0.05, 0) is 43.3 Å². The van der Waals surface area contributed by atoms with Crippen LogP contribution in [0, 0.1) is 12.7 Å². The Hall–Kier alpha value is -3.17. The van der Waals surface area contributed by atoms with Gasteiger partial charge in [0.05, 0.1) is 5.56 Å². The number of nitrogens with one attached hydrogen (secondary N) is 1. The van der Waals surface area contributed by atoms with Gasteiger partial charge in [-0.25, -0.2) is 19.1 Å². The molecule has 2 heterocycles. The van der Waals surface area contributed by atoms with Crippen LogP contribution in [0.25, 0.3) is 0 Å². The van der Waals surface area contributed by atoms with Crippen LogP contribution in [-0.2, 0) is 15.7 Å². The van der Waals surface area contributed by atoms with Gasteiger partial charge in [0.25, 0.3) is 5.91 Å². The lowest BCUT2D eigenvalue weighted by Gasteiger charge is -2.21. The predicted molar refractivity (Wildman–Crippen MR) is 86.6 cm³/mol. The Bertz CT molecular complexity index is 884. The number of hydrogen-bond acceptors (Lipinski definition) is 4. The number of nitrogens with zero attached hydrogens (tertiary/aromatic N) is 2. The van der Waals surface area contributed by atoms with E-state index in [0.29, 0.717) is 6.07 Å². The molecule has 0 saturated carbocycles. The van der Waals surface area contributed by atoms with E-state index >= 15 is 0 Å². The van der Waals surface area contributed by atoms with E-state index in [1.807, 2.05) is 0 Å². The van der Waals surface area contributed by atoms with Gasteiger partial charge in [0.15, 0.2) is 6.04 Å². The van der Waals surface area contributed by atoms with Gasteiger partial charge in [-0.1, -0.05) is 0 Å². The van der Waals surface area contributed by atoms with Crippen LogP contribution in [0.5, 0.6) is 0 Å². The van der Waals surface area contributed by atoms with Gasteiger partial charge in [0.2, 0.25) is 0 Å². The average molecular weight is 383 g/mol. The monoisotopic (exact) mass is 383 g/mol. The minimum absolute atomic E-state index is 0.0252. The molecule has 1 N–H and O–H groups in total. The highest BCUT2D eigenvalue weighted by Crippen LogP contribution is 2.33. The SMILES string of the molecule is Cc1cc(C(F)(F)F)cc(N2C(=O)OCC2C(=O)Nc2ccc(F)cc2)n1. The molecule has 6 nitrogen and oxygen atoms in total. The van der Waals surface area contributed by atoms with Crippen molar-refractivity contribution >= 4 is 23.5 Å². The van der Waals surface area contributed by atoms with Crippen LogP contribution in [-0.4, -0.2) is 29.6 Å². The minimum Gasteiger partial charge on any atom is -0.446 e. The molecule has 1 unspecified atom stereocenters. The molecule has 1 aromatic carbocycles. The highest BCUT2D eigenvalue weighted by atomic mass is 19.4. The molecule has 10 heteroatoms.